The predicted molar refractivity (Wildman–Crippen MR) is 124 cm³/mol. The molecule has 1 aromatic rings. The Morgan fingerprint density at radius 1 is 0.967 bits per heavy atom. The van der Waals surface area contributed by atoms with E-state index in [1.807, 2.05) is 0 Å². The quantitative estimate of drug-likeness (QED) is 0.160. The van der Waals surface area contributed by atoms with E-state index in [0.29, 0.717) is 12.6 Å². The van der Waals surface area contributed by atoms with Gasteiger partial charge in [0.1, 0.15) is 6.04 Å². The maximum atomic E-state index is 11.4. The van der Waals surface area contributed by atoms with Crippen molar-refractivity contribution in [3.63, 3.8) is 0 Å². The first kappa shape index (κ1) is 28.7. The maximum absolute atomic E-state index is 11.4. The highest BCUT2D eigenvalue weighted by atomic mass is 35.5. The minimum Gasteiger partial charge on any atom is -1.00 e. The summed E-state index contributed by atoms with van der Waals surface area (Å²) in [7, 11) is 4.61. The number of halogens is 1. The van der Waals surface area contributed by atoms with E-state index in [-0.39, 0.29) is 18.4 Å². The Morgan fingerprint density at radius 2 is 1.50 bits per heavy atom. The largest absolute Gasteiger partial charge is 1.00 e. The third kappa shape index (κ3) is 12.4. The summed E-state index contributed by atoms with van der Waals surface area (Å²) >= 11 is 0. The van der Waals surface area contributed by atoms with E-state index in [1.54, 1.807) is 0 Å². The lowest BCUT2D eigenvalue weighted by Crippen LogP contribution is -3.00. The molecule has 0 fully saturated rings. The van der Waals surface area contributed by atoms with E-state index >= 15 is 0 Å². The fourth-order valence-electron chi connectivity index (χ4n) is 4.09. The SMILES string of the molecule is C=CC(=O)OCCC(c1ccccc1)[N+](C)(C)CCCCCCCCCCCC.[Cl-]. The summed E-state index contributed by atoms with van der Waals surface area (Å²) in [5.41, 5.74) is 1.32. The highest BCUT2D eigenvalue weighted by molar-refractivity contribution is 5.81. The van der Waals surface area contributed by atoms with Gasteiger partial charge >= 0.3 is 5.97 Å². The number of ether oxygens (including phenoxy) is 1. The number of nitrogens with zero attached hydrogens (tertiary/aromatic N) is 1. The molecule has 0 N–H and O–H groups in total. The first-order valence-corrected chi connectivity index (χ1v) is 11.7. The van der Waals surface area contributed by atoms with Crippen molar-refractivity contribution in [3.8, 4) is 0 Å². The molecule has 0 aliphatic heterocycles. The highest BCUT2D eigenvalue weighted by Gasteiger charge is 2.29. The van der Waals surface area contributed by atoms with Crippen LogP contribution >= 0.6 is 0 Å². The van der Waals surface area contributed by atoms with Crippen LogP contribution in [0.25, 0.3) is 0 Å². The van der Waals surface area contributed by atoms with Gasteiger partial charge in [-0.05, 0) is 12.8 Å². The summed E-state index contributed by atoms with van der Waals surface area (Å²) in [6.45, 7) is 7.33. The molecular formula is C26H44ClNO2. The average Bonchev–Trinajstić information content (AvgIpc) is 2.72. The number of esters is 1. The van der Waals surface area contributed by atoms with Gasteiger partial charge in [-0.15, -0.1) is 0 Å². The van der Waals surface area contributed by atoms with E-state index in [0.717, 1.165) is 17.4 Å². The van der Waals surface area contributed by atoms with Gasteiger partial charge in [-0.25, -0.2) is 4.79 Å². The van der Waals surface area contributed by atoms with E-state index in [2.05, 4.69) is 57.9 Å². The molecule has 0 aliphatic rings. The fourth-order valence-corrected chi connectivity index (χ4v) is 4.09. The molecule has 0 aliphatic carbocycles. The number of carbonyl (C=O) groups is 1. The summed E-state index contributed by atoms with van der Waals surface area (Å²) in [4.78, 5) is 11.4. The summed E-state index contributed by atoms with van der Waals surface area (Å²) in [6, 6.07) is 11.0. The van der Waals surface area contributed by atoms with E-state index in [1.165, 1.54) is 75.8 Å². The predicted octanol–water partition coefficient (Wildman–Crippen LogP) is 3.85. The van der Waals surface area contributed by atoms with Crippen LogP contribution in [0, 0.1) is 0 Å². The smallest absolute Gasteiger partial charge is 0.330 e. The third-order valence-electron chi connectivity index (χ3n) is 5.92. The zero-order valence-corrected chi connectivity index (χ0v) is 20.3. The lowest BCUT2D eigenvalue weighted by molar-refractivity contribution is -0.921. The molecule has 0 radical (unpaired) electrons. The van der Waals surface area contributed by atoms with Gasteiger partial charge in [-0.3, -0.25) is 0 Å². The van der Waals surface area contributed by atoms with E-state index in [4.69, 9.17) is 4.74 Å². The summed E-state index contributed by atoms with van der Waals surface area (Å²) in [5.74, 6) is -0.336. The van der Waals surface area contributed by atoms with Crippen molar-refractivity contribution in [2.75, 3.05) is 27.2 Å². The van der Waals surface area contributed by atoms with Gasteiger partial charge in [-0.2, -0.15) is 0 Å². The van der Waals surface area contributed by atoms with Crippen molar-refractivity contribution < 1.29 is 26.4 Å². The lowest BCUT2D eigenvalue weighted by Gasteiger charge is -2.38. The molecule has 1 aromatic carbocycles. The Hall–Kier alpha value is -1.32. The second-order valence-electron chi connectivity index (χ2n) is 8.77. The fraction of sp³-hybridized carbons (Fsp3) is 0.654. The van der Waals surface area contributed by atoms with Crippen molar-refractivity contribution in [2.24, 2.45) is 0 Å². The van der Waals surface area contributed by atoms with Crippen LogP contribution in [0.1, 0.15) is 89.2 Å². The zero-order valence-electron chi connectivity index (χ0n) is 19.6. The number of unbranched alkanes of at least 4 members (excludes halogenated alkanes) is 9. The molecule has 3 nitrogen and oxygen atoms in total. The normalized spacial score (nSPS) is 12.1. The molecule has 0 saturated heterocycles. The molecule has 1 rings (SSSR count). The van der Waals surface area contributed by atoms with Gasteiger partial charge < -0.3 is 21.6 Å². The standard InChI is InChI=1S/C26H44NO2.ClH/c1-5-7-8-9-10-11-12-13-14-18-22-27(3,4)25(21-23-29-26(28)6-2)24-19-16-15-17-20-24;/h6,15-17,19-20,25H,2,5,7-14,18,21-23H2,1,3-4H3;1H/q+1;/p-1. The number of quaternary nitrogens is 1. The molecule has 172 valence electrons. The third-order valence-corrected chi connectivity index (χ3v) is 5.92. The molecule has 0 amide bonds. The Balaban J connectivity index is 0.00000841. The van der Waals surface area contributed by atoms with Crippen molar-refractivity contribution in [2.45, 2.75) is 83.6 Å². The van der Waals surface area contributed by atoms with E-state index in [9.17, 15) is 4.79 Å². The van der Waals surface area contributed by atoms with Crippen molar-refractivity contribution in [1.82, 2.24) is 0 Å². The van der Waals surface area contributed by atoms with Crippen LogP contribution < -0.4 is 12.4 Å². The van der Waals surface area contributed by atoms with Crippen LogP contribution in [0.5, 0.6) is 0 Å². The minimum atomic E-state index is -0.336. The number of hydrogen-bond acceptors (Lipinski definition) is 2. The molecule has 4 heteroatoms. The highest BCUT2D eigenvalue weighted by Crippen LogP contribution is 2.29. The van der Waals surface area contributed by atoms with Crippen LogP contribution in [0.3, 0.4) is 0 Å². The van der Waals surface area contributed by atoms with Crippen LogP contribution in [-0.4, -0.2) is 37.7 Å². The second-order valence-corrected chi connectivity index (χ2v) is 8.77. The number of benzene rings is 1. The number of carbonyl (C=O) groups excluding carboxylic acids is 1. The summed E-state index contributed by atoms with van der Waals surface area (Å²) in [5, 5.41) is 0. The van der Waals surface area contributed by atoms with E-state index < -0.39 is 0 Å². The maximum Gasteiger partial charge on any atom is 0.330 e. The number of hydrogen-bond donors (Lipinski definition) is 0. The summed E-state index contributed by atoms with van der Waals surface area (Å²) < 4.78 is 6.20. The van der Waals surface area contributed by atoms with Crippen LogP contribution in [-0.2, 0) is 9.53 Å². The monoisotopic (exact) mass is 437 g/mol. The average molecular weight is 438 g/mol. The molecular weight excluding hydrogens is 394 g/mol. The van der Waals surface area contributed by atoms with Gasteiger partial charge in [-0.1, -0.05) is 95.2 Å². The minimum absolute atomic E-state index is 0. The topological polar surface area (TPSA) is 26.3 Å². The number of rotatable bonds is 17. The van der Waals surface area contributed by atoms with Crippen LogP contribution in [0.4, 0.5) is 0 Å². The first-order valence-electron chi connectivity index (χ1n) is 11.7. The Bertz CT molecular complexity index is 559. The Labute approximate surface area is 191 Å². The van der Waals surface area contributed by atoms with Gasteiger partial charge in [0, 0.05) is 18.1 Å². The molecule has 0 saturated carbocycles. The molecule has 1 atom stereocenters. The molecule has 0 spiro atoms. The lowest BCUT2D eigenvalue weighted by atomic mass is 9.99. The van der Waals surface area contributed by atoms with Gasteiger partial charge in [0.05, 0.1) is 27.2 Å². The van der Waals surface area contributed by atoms with Gasteiger partial charge in [0.15, 0.2) is 0 Å². The summed E-state index contributed by atoms with van der Waals surface area (Å²) in [6.07, 6.45) is 15.7. The first-order chi connectivity index (χ1) is 14.0. The van der Waals surface area contributed by atoms with Crippen LogP contribution in [0.15, 0.2) is 43.0 Å². The zero-order chi connectivity index (χ0) is 21.4. The molecule has 0 heterocycles. The van der Waals surface area contributed by atoms with Crippen molar-refractivity contribution in [3.05, 3.63) is 48.6 Å². The van der Waals surface area contributed by atoms with Crippen LogP contribution in [0.2, 0.25) is 0 Å². The Morgan fingerprint density at radius 3 is 2.03 bits per heavy atom. The molecule has 1 unspecified atom stereocenters. The van der Waals surface area contributed by atoms with Gasteiger partial charge in [0.25, 0.3) is 0 Å². The molecule has 0 aromatic heterocycles. The second kappa shape index (κ2) is 17.4. The van der Waals surface area contributed by atoms with Crippen molar-refractivity contribution in [1.29, 1.82) is 0 Å². The molecule has 30 heavy (non-hydrogen) atoms. The van der Waals surface area contributed by atoms with Crippen molar-refractivity contribution >= 4 is 5.97 Å². The Kier molecular flexibility index (Phi) is 16.6. The van der Waals surface area contributed by atoms with Gasteiger partial charge in [0.2, 0.25) is 0 Å². The molecule has 0 bridgehead atoms.